The summed E-state index contributed by atoms with van der Waals surface area (Å²) in [5, 5.41) is 4.40. The first kappa shape index (κ1) is 9.25. The quantitative estimate of drug-likeness (QED) is 0.760. The first-order chi connectivity index (χ1) is 7.42. The first-order valence-electron chi connectivity index (χ1n) is 6.12. The summed E-state index contributed by atoms with van der Waals surface area (Å²) in [6, 6.07) is 0.628. The van der Waals surface area contributed by atoms with Crippen LogP contribution >= 0.6 is 0 Å². The number of ether oxygens (including phenoxy) is 1. The molecule has 0 spiro atoms. The minimum absolute atomic E-state index is 0.464. The van der Waals surface area contributed by atoms with E-state index in [-0.39, 0.29) is 0 Å². The molecule has 0 amide bonds. The van der Waals surface area contributed by atoms with Gasteiger partial charge in [0.25, 0.3) is 0 Å². The van der Waals surface area contributed by atoms with Crippen LogP contribution in [-0.2, 0) is 0 Å². The van der Waals surface area contributed by atoms with E-state index < -0.39 is 0 Å². The van der Waals surface area contributed by atoms with Crippen LogP contribution in [0.3, 0.4) is 0 Å². The summed E-state index contributed by atoms with van der Waals surface area (Å²) in [6.45, 7) is 0. The molecule has 0 saturated heterocycles. The third-order valence-corrected chi connectivity index (χ3v) is 3.63. The molecule has 0 unspecified atom stereocenters. The van der Waals surface area contributed by atoms with Gasteiger partial charge in [0.05, 0.1) is 24.5 Å². The van der Waals surface area contributed by atoms with Gasteiger partial charge >= 0.3 is 0 Å². The third kappa shape index (κ3) is 1.87. The molecular formula is C12H18N2O. The maximum absolute atomic E-state index is 5.81. The highest BCUT2D eigenvalue weighted by molar-refractivity contribution is 5.13. The van der Waals surface area contributed by atoms with Crippen LogP contribution in [0.25, 0.3) is 0 Å². The number of hydrogen-bond acceptors (Lipinski definition) is 2. The molecule has 0 bridgehead atoms. The second-order valence-electron chi connectivity index (χ2n) is 4.77. The molecule has 3 rings (SSSR count). The van der Waals surface area contributed by atoms with E-state index in [2.05, 4.69) is 16.0 Å². The van der Waals surface area contributed by atoms with Gasteiger partial charge in [-0.1, -0.05) is 12.8 Å². The zero-order valence-electron chi connectivity index (χ0n) is 9.06. The molecule has 3 heteroatoms. The zero-order chi connectivity index (χ0) is 10.1. The van der Waals surface area contributed by atoms with Crippen LogP contribution in [0.5, 0.6) is 5.75 Å². The molecule has 2 aliphatic carbocycles. The van der Waals surface area contributed by atoms with Crippen molar-refractivity contribution in [2.45, 2.75) is 57.1 Å². The van der Waals surface area contributed by atoms with Crippen molar-refractivity contribution in [2.75, 3.05) is 0 Å². The molecule has 3 nitrogen and oxygen atoms in total. The topological polar surface area (TPSA) is 27.1 Å². The van der Waals surface area contributed by atoms with E-state index in [1.807, 2.05) is 6.20 Å². The van der Waals surface area contributed by atoms with E-state index in [0.717, 1.165) is 5.75 Å². The van der Waals surface area contributed by atoms with Gasteiger partial charge in [0.2, 0.25) is 0 Å². The molecular weight excluding hydrogens is 188 g/mol. The number of nitrogens with zero attached hydrogens (tertiary/aromatic N) is 2. The van der Waals surface area contributed by atoms with Crippen LogP contribution < -0.4 is 4.74 Å². The molecule has 15 heavy (non-hydrogen) atoms. The molecule has 2 saturated carbocycles. The largest absolute Gasteiger partial charge is 0.487 e. The molecule has 1 heterocycles. The lowest BCUT2D eigenvalue weighted by Gasteiger charge is -2.25. The lowest BCUT2D eigenvalue weighted by Crippen LogP contribution is -2.24. The third-order valence-electron chi connectivity index (χ3n) is 3.63. The van der Waals surface area contributed by atoms with Gasteiger partial charge in [0.15, 0.2) is 5.75 Å². The lowest BCUT2D eigenvalue weighted by molar-refractivity contribution is 0.120. The molecule has 1 aromatic rings. The Morgan fingerprint density at radius 2 is 1.93 bits per heavy atom. The van der Waals surface area contributed by atoms with Crippen molar-refractivity contribution in [3.05, 3.63) is 12.4 Å². The number of hydrogen-bond donors (Lipinski definition) is 0. The van der Waals surface area contributed by atoms with Gasteiger partial charge in [-0.25, -0.2) is 0 Å². The molecule has 0 atom stereocenters. The Morgan fingerprint density at radius 1 is 1.13 bits per heavy atom. The average Bonchev–Trinajstić information content (AvgIpc) is 2.82. The molecule has 0 aliphatic heterocycles. The fourth-order valence-corrected chi connectivity index (χ4v) is 2.43. The molecule has 1 aromatic heterocycles. The first-order valence-corrected chi connectivity index (χ1v) is 6.12. The summed E-state index contributed by atoms with van der Waals surface area (Å²) in [4.78, 5) is 0. The Hall–Kier alpha value is -0.990. The van der Waals surface area contributed by atoms with Gasteiger partial charge in [0.1, 0.15) is 0 Å². The van der Waals surface area contributed by atoms with Gasteiger partial charge in [-0.3, -0.25) is 4.68 Å². The number of aromatic nitrogens is 2. The van der Waals surface area contributed by atoms with E-state index >= 15 is 0 Å². The minimum Gasteiger partial charge on any atom is -0.487 e. The maximum atomic E-state index is 5.81. The van der Waals surface area contributed by atoms with Crippen molar-refractivity contribution in [3.8, 4) is 5.75 Å². The predicted molar refractivity (Wildman–Crippen MR) is 58.0 cm³/mol. The van der Waals surface area contributed by atoms with Gasteiger partial charge in [-0.2, -0.15) is 5.10 Å². The van der Waals surface area contributed by atoms with Gasteiger partial charge < -0.3 is 4.74 Å². The van der Waals surface area contributed by atoms with Gasteiger partial charge in [-0.15, -0.1) is 0 Å². The van der Waals surface area contributed by atoms with Gasteiger partial charge in [0, 0.05) is 0 Å². The Balaban J connectivity index is 1.64. The smallest absolute Gasteiger partial charge is 0.157 e. The Bertz CT molecular complexity index is 324. The van der Waals surface area contributed by atoms with Crippen molar-refractivity contribution in [1.82, 2.24) is 9.78 Å². The number of rotatable bonds is 3. The standard InChI is InChI=1S/C12H18N2O/c1-2-5-10(4-1)14-9-12(8-13-14)15-11-6-3-7-11/h8-11H,1-7H2. The van der Waals surface area contributed by atoms with E-state index in [9.17, 15) is 0 Å². The summed E-state index contributed by atoms with van der Waals surface area (Å²) in [7, 11) is 0. The Morgan fingerprint density at radius 3 is 2.60 bits per heavy atom. The highest BCUT2D eigenvalue weighted by Gasteiger charge is 2.21. The van der Waals surface area contributed by atoms with Crippen molar-refractivity contribution < 1.29 is 4.74 Å². The summed E-state index contributed by atoms with van der Waals surface area (Å²) in [5.74, 6) is 0.964. The SMILES string of the molecule is c1nn(C2CCCC2)cc1OC1CCC1. The van der Waals surface area contributed by atoms with E-state index in [4.69, 9.17) is 4.74 Å². The second-order valence-corrected chi connectivity index (χ2v) is 4.77. The fourth-order valence-electron chi connectivity index (χ4n) is 2.43. The molecule has 0 aromatic carbocycles. The van der Waals surface area contributed by atoms with E-state index in [0.29, 0.717) is 12.1 Å². The van der Waals surface area contributed by atoms with Crippen molar-refractivity contribution >= 4 is 0 Å². The molecule has 2 fully saturated rings. The van der Waals surface area contributed by atoms with Gasteiger partial charge in [-0.05, 0) is 32.1 Å². The van der Waals surface area contributed by atoms with E-state index in [1.54, 1.807) is 0 Å². The Kier molecular flexibility index (Phi) is 2.39. The van der Waals surface area contributed by atoms with Crippen LogP contribution in [-0.4, -0.2) is 15.9 Å². The minimum atomic E-state index is 0.464. The fraction of sp³-hybridized carbons (Fsp3) is 0.750. The molecule has 0 N–H and O–H groups in total. The Labute approximate surface area is 90.4 Å². The van der Waals surface area contributed by atoms with E-state index in [1.165, 1.54) is 44.9 Å². The summed E-state index contributed by atoms with van der Waals surface area (Å²) in [5.41, 5.74) is 0. The summed E-state index contributed by atoms with van der Waals surface area (Å²) in [6.07, 6.45) is 13.4. The van der Waals surface area contributed by atoms with Crippen LogP contribution in [0.15, 0.2) is 12.4 Å². The average molecular weight is 206 g/mol. The zero-order valence-corrected chi connectivity index (χ0v) is 9.06. The monoisotopic (exact) mass is 206 g/mol. The van der Waals surface area contributed by atoms with Crippen molar-refractivity contribution in [3.63, 3.8) is 0 Å². The second kappa shape index (κ2) is 3.87. The van der Waals surface area contributed by atoms with Crippen molar-refractivity contribution in [1.29, 1.82) is 0 Å². The predicted octanol–water partition coefficient (Wildman–Crippen LogP) is 2.93. The normalized spacial score (nSPS) is 22.9. The van der Waals surface area contributed by atoms with Crippen molar-refractivity contribution in [2.24, 2.45) is 0 Å². The highest BCUT2D eigenvalue weighted by Crippen LogP contribution is 2.31. The summed E-state index contributed by atoms with van der Waals surface area (Å²) < 4.78 is 7.91. The van der Waals surface area contributed by atoms with Crippen LogP contribution in [0.1, 0.15) is 51.0 Å². The van der Waals surface area contributed by atoms with Crippen LogP contribution in [0.4, 0.5) is 0 Å². The maximum Gasteiger partial charge on any atom is 0.157 e. The molecule has 82 valence electrons. The van der Waals surface area contributed by atoms with Crippen LogP contribution in [0.2, 0.25) is 0 Å². The molecule has 0 radical (unpaired) electrons. The van der Waals surface area contributed by atoms with Crippen LogP contribution in [0, 0.1) is 0 Å². The lowest BCUT2D eigenvalue weighted by atomic mass is 9.96. The summed E-state index contributed by atoms with van der Waals surface area (Å²) >= 11 is 0. The highest BCUT2D eigenvalue weighted by atomic mass is 16.5. The molecule has 2 aliphatic rings.